The minimum Gasteiger partial charge on any atom is -0.388 e. The van der Waals surface area contributed by atoms with Gasteiger partial charge in [-0.1, -0.05) is 24.3 Å². The first-order valence-electron chi connectivity index (χ1n) is 5.89. The number of aliphatic hydroxyl groups is 1. The number of thioether (sulfide) groups is 1. The van der Waals surface area contributed by atoms with Crippen LogP contribution < -0.4 is 0 Å². The molecule has 1 N–H and O–H groups in total. The second-order valence-electron chi connectivity index (χ2n) is 4.27. The summed E-state index contributed by atoms with van der Waals surface area (Å²) in [7, 11) is 0. The molecule has 2 aromatic carbocycles. The quantitative estimate of drug-likeness (QED) is 0.851. The van der Waals surface area contributed by atoms with Crippen molar-refractivity contribution in [1.29, 1.82) is 0 Å². The van der Waals surface area contributed by atoms with Crippen LogP contribution in [0.3, 0.4) is 0 Å². The van der Waals surface area contributed by atoms with Gasteiger partial charge in [0.1, 0.15) is 11.6 Å². The largest absolute Gasteiger partial charge is 0.388 e. The van der Waals surface area contributed by atoms with Crippen molar-refractivity contribution in [2.24, 2.45) is 0 Å². The average Bonchev–Trinajstić information content (AvgIpc) is 2.40. The van der Waals surface area contributed by atoms with Crippen LogP contribution in [-0.2, 0) is 0 Å². The van der Waals surface area contributed by atoms with Crippen LogP contribution in [0.4, 0.5) is 8.78 Å². The summed E-state index contributed by atoms with van der Waals surface area (Å²) in [6, 6.07) is 11.0. The van der Waals surface area contributed by atoms with E-state index in [0.29, 0.717) is 16.0 Å². The van der Waals surface area contributed by atoms with E-state index in [1.54, 1.807) is 37.3 Å². The predicted molar refractivity (Wildman–Crippen MR) is 73.2 cm³/mol. The first-order chi connectivity index (χ1) is 9.08. The van der Waals surface area contributed by atoms with Gasteiger partial charge in [-0.15, -0.1) is 11.8 Å². The fourth-order valence-electron chi connectivity index (χ4n) is 1.64. The molecule has 1 nitrogen and oxygen atoms in total. The Bertz CT molecular complexity index is 572. The maximum absolute atomic E-state index is 13.4. The molecule has 0 spiro atoms. The van der Waals surface area contributed by atoms with Gasteiger partial charge in [-0.05, 0) is 36.2 Å². The van der Waals surface area contributed by atoms with E-state index in [1.807, 2.05) is 0 Å². The molecule has 1 unspecified atom stereocenters. The summed E-state index contributed by atoms with van der Waals surface area (Å²) in [6.45, 7) is 1.67. The van der Waals surface area contributed by atoms with Crippen LogP contribution in [0, 0.1) is 18.6 Å². The van der Waals surface area contributed by atoms with Gasteiger partial charge in [-0.2, -0.15) is 0 Å². The molecule has 0 aliphatic rings. The van der Waals surface area contributed by atoms with Crippen LogP contribution in [0.5, 0.6) is 0 Å². The van der Waals surface area contributed by atoms with Gasteiger partial charge in [0, 0.05) is 10.6 Å². The van der Waals surface area contributed by atoms with Gasteiger partial charge < -0.3 is 5.11 Å². The number of benzene rings is 2. The molecule has 0 aliphatic heterocycles. The molecule has 1 atom stereocenters. The van der Waals surface area contributed by atoms with Gasteiger partial charge in [0.05, 0.1) is 6.10 Å². The lowest BCUT2D eigenvalue weighted by molar-refractivity contribution is 0.203. The molecule has 2 aromatic rings. The lowest BCUT2D eigenvalue weighted by Gasteiger charge is -2.11. The Morgan fingerprint density at radius 3 is 2.53 bits per heavy atom. The molecule has 0 bridgehead atoms. The van der Waals surface area contributed by atoms with Crippen molar-refractivity contribution in [3.63, 3.8) is 0 Å². The Balaban J connectivity index is 2.03. The summed E-state index contributed by atoms with van der Waals surface area (Å²) in [5, 5.41) is 9.98. The molecule has 0 amide bonds. The molecule has 0 aliphatic carbocycles. The van der Waals surface area contributed by atoms with E-state index in [9.17, 15) is 13.9 Å². The highest BCUT2D eigenvalue weighted by Gasteiger charge is 2.11. The van der Waals surface area contributed by atoms with Crippen LogP contribution in [0.1, 0.15) is 17.2 Å². The summed E-state index contributed by atoms with van der Waals surface area (Å²) < 4.78 is 26.8. The van der Waals surface area contributed by atoms with E-state index in [2.05, 4.69) is 0 Å². The van der Waals surface area contributed by atoms with Crippen LogP contribution in [0.15, 0.2) is 47.4 Å². The van der Waals surface area contributed by atoms with E-state index in [4.69, 9.17) is 0 Å². The van der Waals surface area contributed by atoms with Crippen molar-refractivity contribution in [3.05, 3.63) is 65.2 Å². The SMILES string of the molecule is Cc1ccc(C(O)CSc2ccccc2F)cc1F. The molecule has 19 heavy (non-hydrogen) atoms. The van der Waals surface area contributed by atoms with Crippen molar-refractivity contribution in [1.82, 2.24) is 0 Å². The third kappa shape index (κ3) is 3.55. The molecule has 100 valence electrons. The first kappa shape index (κ1) is 14.0. The summed E-state index contributed by atoms with van der Waals surface area (Å²) in [4.78, 5) is 0.481. The number of hydrogen-bond acceptors (Lipinski definition) is 2. The van der Waals surface area contributed by atoms with E-state index >= 15 is 0 Å². The molecule has 4 heteroatoms. The first-order valence-corrected chi connectivity index (χ1v) is 6.88. The summed E-state index contributed by atoms with van der Waals surface area (Å²) in [6.07, 6.45) is -0.820. The zero-order valence-electron chi connectivity index (χ0n) is 10.4. The van der Waals surface area contributed by atoms with Gasteiger partial charge in [0.25, 0.3) is 0 Å². The van der Waals surface area contributed by atoms with Gasteiger partial charge in [-0.3, -0.25) is 0 Å². The molecule has 0 saturated carbocycles. The van der Waals surface area contributed by atoms with E-state index < -0.39 is 6.10 Å². The summed E-state index contributed by atoms with van der Waals surface area (Å²) >= 11 is 1.21. The minimum atomic E-state index is -0.820. The van der Waals surface area contributed by atoms with E-state index in [0.717, 1.165) is 0 Å². The Kier molecular flexibility index (Phi) is 4.56. The second kappa shape index (κ2) is 6.17. The lowest BCUT2D eigenvalue weighted by Crippen LogP contribution is -2.02. The minimum absolute atomic E-state index is 0.281. The molecular weight excluding hydrogens is 266 g/mol. The molecule has 0 heterocycles. The number of hydrogen-bond donors (Lipinski definition) is 1. The number of rotatable bonds is 4. The van der Waals surface area contributed by atoms with Crippen LogP contribution in [0.2, 0.25) is 0 Å². The zero-order valence-corrected chi connectivity index (χ0v) is 11.3. The van der Waals surface area contributed by atoms with Gasteiger partial charge in [0.2, 0.25) is 0 Å². The van der Waals surface area contributed by atoms with Crippen molar-refractivity contribution >= 4 is 11.8 Å². The highest BCUT2D eigenvalue weighted by atomic mass is 32.2. The fourth-order valence-corrected chi connectivity index (χ4v) is 2.55. The standard InChI is InChI=1S/C15H14F2OS/c1-10-6-7-11(8-13(10)17)14(18)9-19-15-5-3-2-4-12(15)16/h2-8,14,18H,9H2,1H3. The zero-order chi connectivity index (χ0) is 13.8. The number of halogens is 2. The maximum Gasteiger partial charge on any atom is 0.136 e. The third-order valence-electron chi connectivity index (χ3n) is 2.81. The molecule has 0 saturated heterocycles. The van der Waals surface area contributed by atoms with Gasteiger partial charge in [0.15, 0.2) is 0 Å². The van der Waals surface area contributed by atoms with E-state index in [1.165, 1.54) is 23.9 Å². The Hall–Kier alpha value is -1.39. The fraction of sp³-hybridized carbons (Fsp3) is 0.200. The summed E-state index contributed by atoms with van der Waals surface area (Å²) in [5.41, 5.74) is 1.05. The Morgan fingerprint density at radius 1 is 1.11 bits per heavy atom. The monoisotopic (exact) mass is 280 g/mol. The smallest absolute Gasteiger partial charge is 0.136 e. The highest BCUT2D eigenvalue weighted by molar-refractivity contribution is 7.99. The van der Waals surface area contributed by atoms with Crippen LogP contribution >= 0.6 is 11.8 Å². The molecule has 2 rings (SSSR count). The van der Waals surface area contributed by atoms with Crippen molar-refractivity contribution < 1.29 is 13.9 Å². The number of aliphatic hydroxyl groups excluding tert-OH is 1. The average molecular weight is 280 g/mol. The van der Waals surface area contributed by atoms with Gasteiger partial charge >= 0.3 is 0 Å². The van der Waals surface area contributed by atoms with E-state index in [-0.39, 0.29) is 17.4 Å². The van der Waals surface area contributed by atoms with Crippen LogP contribution in [0.25, 0.3) is 0 Å². The Labute approximate surface area is 115 Å². The lowest BCUT2D eigenvalue weighted by atomic mass is 10.1. The van der Waals surface area contributed by atoms with Crippen LogP contribution in [-0.4, -0.2) is 10.9 Å². The topological polar surface area (TPSA) is 20.2 Å². The third-order valence-corrected chi connectivity index (χ3v) is 3.94. The maximum atomic E-state index is 13.4. The van der Waals surface area contributed by atoms with Gasteiger partial charge in [-0.25, -0.2) is 8.78 Å². The normalized spacial score (nSPS) is 12.4. The molecular formula is C15H14F2OS. The second-order valence-corrected chi connectivity index (χ2v) is 5.33. The van der Waals surface area contributed by atoms with Crippen molar-refractivity contribution in [2.75, 3.05) is 5.75 Å². The van der Waals surface area contributed by atoms with Crippen molar-refractivity contribution in [3.8, 4) is 0 Å². The number of aryl methyl sites for hydroxylation is 1. The highest BCUT2D eigenvalue weighted by Crippen LogP contribution is 2.27. The Morgan fingerprint density at radius 2 is 1.84 bits per heavy atom. The van der Waals surface area contributed by atoms with Crippen molar-refractivity contribution in [2.45, 2.75) is 17.9 Å². The molecule has 0 aromatic heterocycles. The predicted octanol–water partition coefficient (Wildman–Crippen LogP) is 4.10. The summed E-state index contributed by atoms with van der Waals surface area (Å²) in [5.74, 6) is -0.370. The molecule has 0 radical (unpaired) electrons. The molecule has 0 fully saturated rings.